The highest BCUT2D eigenvalue weighted by atomic mass is 16.5. The highest BCUT2D eigenvalue weighted by Crippen LogP contribution is 2.28. The molecule has 158 valence electrons. The highest BCUT2D eigenvalue weighted by Gasteiger charge is 2.29. The Balaban J connectivity index is 1.54. The first kappa shape index (κ1) is 21.4. The van der Waals surface area contributed by atoms with Crippen LogP contribution in [-0.4, -0.2) is 36.6 Å². The molecule has 2 N–H and O–H groups in total. The van der Waals surface area contributed by atoms with E-state index in [4.69, 9.17) is 4.74 Å². The topological polar surface area (TPSA) is 87.7 Å². The van der Waals surface area contributed by atoms with Gasteiger partial charge in [-0.2, -0.15) is 0 Å². The molecule has 2 aromatic rings. The van der Waals surface area contributed by atoms with Crippen molar-refractivity contribution in [1.29, 1.82) is 0 Å². The highest BCUT2D eigenvalue weighted by molar-refractivity contribution is 6.00. The molecule has 0 radical (unpaired) electrons. The van der Waals surface area contributed by atoms with Gasteiger partial charge in [-0.25, -0.2) is 9.59 Å². The third-order valence-corrected chi connectivity index (χ3v) is 4.85. The fraction of sp³-hybridized carbons (Fsp3) is 0.348. The second-order valence-corrected chi connectivity index (χ2v) is 7.59. The minimum Gasteiger partial charge on any atom is -0.449 e. The molecule has 3 rings (SSSR count). The first-order chi connectivity index (χ1) is 14.3. The molecule has 3 amide bonds. The predicted octanol–water partition coefficient (Wildman–Crippen LogP) is 3.03. The van der Waals surface area contributed by atoms with Gasteiger partial charge < -0.3 is 20.3 Å². The number of carbonyl (C=O) groups is 3. The van der Waals surface area contributed by atoms with Gasteiger partial charge in [-0.1, -0.05) is 30.3 Å². The van der Waals surface area contributed by atoms with Gasteiger partial charge in [0.25, 0.3) is 5.91 Å². The predicted molar refractivity (Wildman–Crippen MR) is 114 cm³/mol. The SMILES string of the molecule is CC(C)NC(=O)NCc1ccc(C(=O)O[C@@H](C)C(=O)N2CCc3ccccc32)cc1. The van der Waals surface area contributed by atoms with Gasteiger partial charge >= 0.3 is 12.0 Å². The summed E-state index contributed by atoms with van der Waals surface area (Å²) in [6.07, 6.45) is -0.0856. The maximum absolute atomic E-state index is 12.8. The van der Waals surface area contributed by atoms with Crippen LogP contribution in [0.5, 0.6) is 0 Å². The van der Waals surface area contributed by atoms with Crippen LogP contribution >= 0.6 is 0 Å². The first-order valence-electron chi connectivity index (χ1n) is 10.1. The molecule has 0 bridgehead atoms. The summed E-state index contributed by atoms with van der Waals surface area (Å²) in [5.74, 6) is -0.786. The van der Waals surface area contributed by atoms with E-state index in [1.165, 1.54) is 0 Å². The van der Waals surface area contributed by atoms with Gasteiger partial charge in [-0.05, 0) is 56.5 Å². The van der Waals surface area contributed by atoms with Crippen molar-refractivity contribution in [3.8, 4) is 0 Å². The monoisotopic (exact) mass is 409 g/mol. The molecule has 0 aliphatic carbocycles. The van der Waals surface area contributed by atoms with Crippen molar-refractivity contribution in [2.45, 2.75) is 45.9 Å². The molecule has 1 aliphatic rings. The molecule has 30 heavy (non-hydrogen) atoms. The van der Waals surface area contributed by atoms with Crippen LogP contribution in [0.3, 0.4) is 0 Å². The summed E-state index contributed by atoms with van der Waals surface area (Å²) in [5.41, 5.74) is 3.20. The van der Waals surface area contributed by atoms with Crippen molar-refractivity contribution in [1.82, 2.24) is 10.6 Å². The number of para-hydroxylation sites is 1. The van der Waals surface area contributed by atoms with Gasteiger partial charge in [-0.15, -0.1) is 0 Å². The van der Waals surface area contributed by atoms with E-state index in [-0.39, 0.29) is 18.0 Å². The van der Waals surface area contributed by atoms with E-state index in [9.17, 15) is 14.4 Å². The van der Waals surface area contributed by atoms with Gasteiger partial charge in [0.2, 0.25) is 0 Å². The van der Waals surface area contributed by atoms with Gasteiger partial charge in [0.15, 0.2) is 6.10 Å². The summed E-state index contributed by atoms with van der Waals surface area (Å²) in [6, 6.07) is 14.3. The second kappa shape index (κ2) is 9.43. The number of hydrogen-bond donors (Lipinski definition) is 2. The van der Waals surface area contributed by atoms with E-state index >= 15 is 0 Å². The number of amides is 3. The van der Waals surface area contributed by atoms with E-state index in [1.807, 2.05) is 38.1 Å². The molecule has 7 heteroatoms. The van der Waals surface area contributed by atoms with Crippen LogP contribution in [0.1, 0.15) is 42.3 Å². The Hall–Kier alpha value is -3.35. The Morgan fingerprint density at radius 2 is 1.73 bits per heavy atom. The van der Waals surface area contributed by atoms with Crippen LogP contribution in [-0.2, 0) is 22.5 Å². The van der Waals surface area contributed by atoms with Crippen LogP contribution in [0.25, 0.3) is 0 Å². The zero-order chi connectivity index (χ0) is 21.7. The summed E-state index contributed by atoms with van der Waals surface area (Å²) in [4.78, 5) is 38.5. The van der Waals surface area contributed by atoms with Crippen molar-refractivity contribution in [2.75, 3.05) is 11.4 Å². The molecule has 0 aromatic heterocycles. The number of benzene rings is 2. The number of anilines is 1. The van der Waals surface area contributed by atoms with Crippen LogP contribution in [0, 0.1) is 0 Å². The van der Waals surface area contributed by atoms with Crippen LogP contribution in [0.2, 0.25) is 0 Å². The van der Waals surface area contributed by atoms with E-state index < -0.39 is 12.1 Å². The third kappa shape index (κ3) is 5.17. The van der Waals surface area contributed by atoms with Gasteiger partial charge in [0.1, 0.15) is 0 Å². The Kier molecular flexibility index (Phi) is 6.72. The molecule has 1 aliphatic heterocycles. The molecule has 0 spiro atoms. The second-order valence-electron chi connectivity index (χ2n) is 7.59. The maximum Gasteiger partial charge on any atom is 0.338 e. The summed E-state index contributed by atoms with van der Waals surface area (Å²) < 4.78 is 5.40. The zero-order valence-corrected chi connectivity index (χ0v) is 17.5. The van der Waals surface area contributed by atoms with Gasteiger partial charge in [0, 0.05) is 24.8 Å². The van der Waals surface area contributed by atoms with E-state index in [0.717, 1.165) is 23.2 Å². The normalized spacial score (nSPS) is 13.5. The van der Waals surface area contributed by atoms with Gasteiger partial charge in [-0.3, -0.25) is 4.79 Å². The van der Waals surface area contributed by atoms with Gasteiger partial charge in [0.05, 0.1) is 5.56 Å². The van der Waals surface area contributed by atoms with Crippen molar-refractivity contribution in [3.63, 3.8) is 0 Å². The van der Waals surface area contributed by atoms with Crippen LogP contribution in [0.4, 0.5) is 10.5 Å². The molecule has 1 atom stereocenters. The number of fused-ring (bicyclic) bond motifs is 1. The number of nitrogens with one attached hydrogen (secondary N) is 2. The Morgan fingerprint density at radius 3 is 2.43 bits per heavy atom. The van der Waals surface area contributed by atoms with Crippen LogP contribution < -0.4 is 15.5 Å². The summed E-state index contributed by atoms with van der Waals surface area (Å²) in [7, 11) is 0. The number of carbonyl (C=O) groups excluding carboxylic acids is 3. The fourth-order valence-electron chi connectivity index (χ4n) is 3.32. The summed E-state index contributed by atoms with van der Waals surface area (Å²) in [6.45, 7) is 6.29. The number of hydrogen-bond acceptors (Lipinski definition) is 4. The van der Waals surface area contributed by atoms with Crippen molar-refractivity contribution < 1.29 is 19.1 Å². The Labute approximate surface area is 176 Å². The Bertz CT molecular complexity index is 924. The van der Waals surface area contributed by atoms with E-state index in [1.54, 1.807) is 36.1 Å². The maximum atomic E-state index is 12.8. The fourth-order valence-corrected chi connectivity index (χ4v) is 3.32. The van der Waals surface area contributed by atoms with Crippen molar-refractivity contribution in [3.05, 3.63) is 65.2 Å². The lowest BCUT2D eigenvalue weighted by Gasteiger charge is -2.21. The number of nitrogens with zero attached hydrogens (tertiary/aromatic N) is 1. The van der Waals surface area contributed by atoms with E-state index in [2.05, 4.69) is 10.6 Å². The summed E-state index contributed by atoms with van der Waals surface area (Å²) >= 11 is 0. The minimum absolute atomic E-state index is 0.0564. The Morgan fingerprint density at radius 1 is 1.03 bits per heavy atom. The molecule has 0 saturated heterocycles. The number of esters is 1. The lowest BCUT2D eigenvalue weighted by molar-refractivity contribution is -0.126. The number of ether oxygens (including phenoxy) is 1. The molecular formula is C23H27N3O4. The molecule has 0 saturated carbocycles. The quantitative estimate of drug-likeness (QED) is 0.718. The lowest BCUT2D eigenvalue weighted by atomic mass is 10.1. The summed E-state index contributed by atoms with van der Waals surface area (Å²) in [5, 5.41) is 5.49. The molecule has 1 heterocycles. The van der Waals surface area contributed by atoms with Crippen LogP contribution in [0.15, 0.2) is 48.5 Å². The molecular weight excluding hydrogens is 382 g/mol. The smallest absolute Gasteiger partial charge is 0.338 e. The molecule has 0 fully saturated rings. The lowest BCUT2D eigenvalue weighted by Crippen LogP contribution is -2.39. The molecule has 0 unspecified atom stereocenters. The molecule has 2 aromatic carbocycles. The average molecular weight is 409 g/mol. The van der Waals surface area contributed by atoms with E-state index in [0.29, 0.717) is 18.7 Å². The van der Waals surface area contributed by atoms with Crippen molar-refractivity contribution >= 4 is 23.6 Å². The average Bonchev–Trinajstić information content (AvgIpc) is 3.15. The van der Waals surface area contributed by atoms with Crippen molar-refractivity contribution in [2.24, 2.45) is 0 Å². The minimum atomic E-state index is -0.885. The largest absolute Gasteiger partial charge is 0.449 e. The standard InChI is InChI=1S/C23H27N3O4/c1-15(2)25-23(29)24-14-17-8-10-19(11-9-17)22(28)30-16(3)21(27)26-13-12-18-6-4-5-7-20(18)26/h4-11,15-16H,12-14H2,1-3H3,(H2,24,25,29)/t16-/m0/s1. The third-order valence-electron chi connectivity index (χ3n) is 4.85. The number of urea groups is 1. The number of rotatable bonds is 6. The molecule has 7 nitrogen and oxygen atoms in total. The first-order valence-corrected chi connectivity index (χ1v) is 10.1. The zero-order valence-electron chi connectivity index (χ0n) is 17.5.